The summed E-state index contributed by atoms with van der Waals surface area (Å²) in [5.41, 5.74) is -0.0569. The summed E-state index contributed by atoms with van der Waals surface area (Å²) in [4.78, 5) is 11.2. The van der Waals surface area contributed by atoms with Crippen molar-refractivity contribution in [2.45, 2.75) is 19.4 Å². The zero-order valence-corrected chi connectivity index (χ0v) is 9.34. The minimum Gasteiger partial charge on any atom is -0.465 e. The van der Waals surface area contributed by atoms with Gasteiger partial charge in [0.05, 0.1) is 18.7 Å². The quantitative estimate of drug-likeness (QED) is 0.831. The molecule has 6 heteroatoms. The number of hydrogen-bond donors (Lipinski definition) is 1. The van der Waals surface area contributed by atoms with Gasteiger partial charge in [-0.25, -0.2) is 18.0 Å². The van der Waals surface area contributed by atoms with Gasteiger partial charge in [0.2, 0.25) is 0 Å². The second-order valence-electron chi connectivity index (χ2n) is 3.45. The largest absolute Gasteiger partial charge is 0.465 e. The number of ether oxygens (including phenoxy) is 1. The van der Waals surface area contributed by atoms with Crippen molar-refractivity contribution in [1.82, 2.24) is 0 Å². The molecule has 94 valence electrons. The molecule has 1 unspecified atom stereocenters. The standard InChI is InChI=1S/C11H12F3NO2/c1-6(10(13)14)15-7-3-4-9(12)8(5-7)11(16)17-2/h3-6,10,15H,1-2H3. The number of hydrogen-bond acceptors (Lipinski definition) is 3. The van der Waals surface area contributed by atoms with Gasteiger partial charge in [0.25, 0.3) is 6.43 Å². The first-order valence-electron chi connectivity index (χ1n) is 4.88. The molecule has 1 atom stereocenters. The van der Waals surface area contributed by atoms with Crippen molar-refractivity contribution < 1.29 is 22.7 Å². The van der Waals surface area contributed by atoms with E-state index in [1.165, 1.54) is 13.0 Å². The third-order valence-electron chi connectivity index (χ3n) is 2.14. The Hall–Kier alpha value is -1.72. The molecule has 0 heterocycles. The molecule has 1 aromatic rings. The Kier molecular flexibility index (Phi) is 4.37. The van der Waals surface area contributed by atoms with Gasteiger partial charge in [-0.15, -0.1) is 0 Å². The molecule has 0 fully saturated rings. The van der Waals surface area contributed by atoms with Crippen molar-refractivity contribution in [2.24, 2.45) is 0 Å². The number of halogens is 3. The first kappa shape index (κ1) is 13.3. The lowest BCUT2D eigenvalue weighted by Gasteiger charge is -2.14. The number of methoxy groups -OCH3 is 1. The molecule has 0 aromatic heterocycles. The van der Waals surface area contributed by atoms with Crippen LogP contribution >= 0.6 is 0 Å². The molecule has 0 aliphatic rings. The number of alkyl halides is 2. The van der Waals surface area contributed by atoms with Crippen LogP contribution in [0, 0.1) is 5.82 Å². The molecule has 1 N–H and O–H groups in total. The molecule has 17 heavy (non-hydrogen) atoms. The van der Waals surface area contributed by atoms with Crippen molar-refractivity contribution in [2.75, 3.05) is 12.4 Å². The lowest BCUT2D eigenvalue weighted by Crippen LogP contribution is -2.24. The van der Waals surface area contributed by atoms with Gasteiger partial charge in [-0.2, -0.15) is 0 Å². The summed E-state index contributed by atoms with van der Waals surface area (Å²) in [5, 5.41) is 2.46. The fourth-order valence-corrected chi connectivity index (χ4v) is 1.21. The van der Waals surface area contributed by atoms with Crippen LogP contribution < -0.4 is 5.32 Å². The van der Waals surface area contributed by atoms with Gasteiger partial charge in [-0.05, 0) is 25.1 Å². The van der Waals surface area contributed by atoms with Crippen LogP contribution in [-0.4, -0.2) is 25.5 Å². The molecule has 0 aliphatic carbocycles. The SMILES string of the molecule is COC(=O)c1cc(NC(C)C(F)F)ccc1F. The van der Waals surface area contributed by atoms with Gasteiger partial charge in [-0.1, -0.05) is 0 Å². The van der Waals surface area contributed by atoms with Crippen LogP contribution in [0.1, 0.15) is 17.3 Å². The first-order valence-corrected chi connectivity index (χ1v) is 4.88. The Morgan fingerprint density at radius 1 is 1.41 bits per heavy atom. The van der Waals surface area contributed by atoms with Crippen molar-refractivity contribution in [3.8, 4) is 0 Å². The number of nitrogens with one attached hydrogen (secondary N) is 1. The Bertz CT molecular complexity index is 410. The number of benzene rings is 1. The monoisotopic (exact) mass is 247 g/mol. The summed E-state index contributed by atoms with van der Waals surface area (Å²) in [6.07, 6.45) is -2.55. The molecule has 0 saturated carbocycles. The van der Waals surface area contributed by atoms with Gasteiger partial charge in [0.1, 0.15) is 5.82 Å². The van der Waals surface area contributed by atoms with E-state index in [1.54, 1.807) is 0 Å². The maximum absolute atomic E-state index is 13.2. The van der Waals surface area contributed by atoms with Gasteiger partial charge in [0, 0.05) is 5.69 Å². The van der Waals surface area contributed by atoms with E-state index in [-0.39, 0.29) is 11.3 Å². The first-order chi connectivity index (χ1) is 7.95. The predicted molar refractivity (Wildman–Crippen MR) is 56.8 cm³/mol. The molecule has 0 aliphatic heterocycles. The number of carbonyl (C=O) groups is 1. The minimum atomic E-state index is -2.55. The Morgan fingerprint density at radius 3 is 2.59 bits per heavy atom. The molecule has 0 saturated heterocycles. The maximum Gasteiger partial charge on any atom is 0.340 e. The molecule has 0 bridgehead atoms. The number of esters is 1. The van der Waals surface area contributed by atoms with E-state index >= 15 is 0 Å². The highest BCUT2D eigenvalue weighted by Crippen LogP contribution is 2.17. The summed E-state index contributed by atoms with van der Waals surface area (Å²) in [6, 6.07) is 2.35. The van der Waals surface area contributed by atoms with Crippen LogP contribution in [0.25, 0.3) is 0 Å². The topological polar surface area (TPSA) is 38.3 Å². The predicted octanol–water partition coefficient (Wildman–Crippen LogP) is 2.68. The van der Waals surface area contributed by atoms with E-state index in [4.69, 9.17) is 0 Å². The van der Waals surface area contributed by atoms with Crippen LogP contribution in [0.2, 0.25) is 0 Å². The second kappa shape index (κ2) is 5.56. The average molecular weight is 247 g/mol. The second-order valence-corrected chi connectivity index (χ2v) is 3.45. The van der Waals surface area contributed by atoms with Crippen molar-refractivity contribution in [3.63, 3.8) is 0 Å². The molecular formula is C11H12F3NO2. The highest BCUT2D eigenvalue weighted by atomic mass is 19.3. The van der Waals surface area contributed by atoms with Crippen LogP contribution in [-0.2, 0) is 4.74 Å². The molecule has 3 nitrogen and oxygen atoms in total. The zero-order chi connectivity index (χ0) is 13.0. The van der Waals surface area contributed by atoms with Gasteiger partial charge < -0.3 is 10.1 Å². The van der Waals surface area contributed by atoms with Crippen LogP contribution in [0.5, 0.6) is 0 Å². The van der Waals surface area contributed by atoms with Crippen LogP contribution in [0.4, 0.5) is 18.9 Å². The fraction of sp³-hybridized carbons (Fsp3) is 0.364. The minimum absolute atomic E-state index is 0.236. The van der Waals surface area contributed by atoms with Gasteiger partial charge in [-0.3, -0.25) is 0 Å². The van der Waals surface area contributed by atoms with Gasteiger partial charge >= 0.3 is 5.97 Å². The summed E-state index contributed by atoms with van der Waals surface area (Å²) in [6.45, 7) is 1.28. The van der Waals surface area contributed by atoms with E-state index < -0.39 is 24.3 Å². The third kappa shape index (κ3) is 3.37. The third-order valence-corrected chi connectivity index (χ3v) is 2.14. The Labute approximate surface area is 96.6 Å². The fourth-order valence-electron chi connectivity index (χ4n) is 1.21. The number of rotatable bonds is 4. The van der Waals surface area contributed by atoms with Crippen molar-refractivity contribution in [1.29, 1.82) is 0 Å². The lowest BCUT2D eigenvalue weighted by atomic mass is 10.1. The van der Waals surface area contributed by atoms with E-state index in [0.29, 0.717) is 0 Å². The average Bonchev–Trinajstić information content (AvgIpc) is 2.30. The Balaban J connectivity index is 2.93. The van der Waals surface area contributed by atoms with Crippen molar-refractivity contribution >= 4 is 11.7 Å². The Morgan fingerprint density at radius 2 is 2.06 bits per heavy atom. The molecular weight excluding hydrogens is 235 g/mol. The molecule has 1 rings (SSSR count). The molecule has 0 radical (unpaired) electrons. The maximum atomic E-state index is 13.2. The van der Waals surface area contributed by atoms with Crippen LogP contribution in [0.3, 0.4) is 0 Å². The van der Waals surface area contributed by atoms with E-state index in [1.807, 2.05) is 0 Å². The van der Waals surface area contributed by atoms with Crippen molar-refractivity contribution in [3.05, 3.63) is 29.6 Å². The number of anilines is 1. The highest BCUT2D eigenvalue weighted by molar-refractivity contribution is 5.90. The van der Waals surface area contributed by atoms with Gasteiger partial charge in [0.15, 0.2) is 0 Å². The molecule has 0 spiro atoms. The summed E-state index contributed by atoms with van der Waals surface area (Å²) < 4.78 is 42.2. The van der Waals surface area contributed by atoms with Crippen LogP contribution in [0.15, 0.2) is 18.2 Å². The van der Waals surface area contributed by atoms with E-state index in [2.05, 4.69) is 10.1 Å². The lowest BCUT2D eigenvalue weighted by molar-refractivity contribution is 0.0595. The van der Waals surface area contributed by atoms with E-state index in [0.717, 1.165) is 19.2 Å². The molecule has 0 amide bonds. The summed E-state index contributed by atoms with van der Waals surface area (Å²) in [7, 11) is 1.11. The van der Waals surface area contributed by atoms with E-state index in [9.17, 15) is 18.0 Å². The zero-order valence-electron chi connectivity index (χ0n) is 9.34. The number of carbonyl (C=O) groups excluding carboxylic acids is 1. The summed E-state index contributed by atoms with van der Waals surface area (Å²) >= 11 is 0. The summed E-state index contributed by atoms with van der Waals surface area (Å²) in [5.74, 6) is -1.61. The normalized spacial score (nSPS) is 12.4. The highest BCUT2D eigenvalue weighted by Gasteiger charge is 2.17. The smallest absolute Gasteiger partial charge is 0.340 e. The molecule has 1 aromatic carbocycles.